The number of carbonyl (C=O) groups is 2. The molecular weight excluding hydrogens is 172 g/mol. The lowest BCUT2D eigenvalue weighted by atomic mass is 10.5. The van der Waals surface area contributed by atoms with Crippen LogP contribution >= 0.6 is 0 Å². The topological polar surface area (TPSA) is 87.5 Å². The van der Waals surface area contributed by atoms with Gasteiger partial charge in [-0.25, -0.2) is 4.79 Å². The van der Waals surface area contributed by atoms with Crippen LogP contribution in [0, 0.1) is 0 Å². The minimum atomic E-state index is -0.223. The fourth-order valence-corrected chi connectivity index (χ4v) is 0.602. The van der Waals surface area contributed by atoms with Crippen molar-refractivity contribution in [1.82, 2.24) is 15.5 Å². The molecule has 3 amide bonds. The lowest BCUT2D eigenvalue weighted by Gasteiger charge is -2.11. The largest absolute Gasteiger partial charge is 0.353 e. The Labute approximate surface area is 77.5 Å². The van der Waals surface area contributed by atoms with E-state index in [1.807, 2.05) is 0 Å². The third-order valence-corrected chi connectivity index (χ3v) is 1.31. The van der Waals surface area contributed by atoms with E-state index in [2.05, 4.69) is 10.6 Å². The van der Waals surface area contributed by atoms with Gasteiger partial charge in [0.25, 0.3) is 0 Å². The number of amides is 3. The van der Waals surface area contributed by atoms with Crippen molar-refractivity contribution in [2.75, 3.05) is 33.7 Å². The van der Waals surface area contributed by atoms with Crippen LogP contribution in [0.4, 0.5) is 4.79 Å². The zero-order chi connectivity index (χ0) is 10.3. The van der Waals surface area contributed by atoms with Crippen LogP contribution < -0.4 is 16.4 Å². The van der Waals surface area contributed by atoms with Crippen LogP contribution in [0.25, 0.3) is 0 Å². The van der Waals surface area contributed by atoms with Crippen molar-refractivity contribution >= 4 is 11.9 Å². The van der Waals surface area contributed by atoms with E-state index in [9.17, 15) is 9.59 Å². The Morgan fingerprint density at radius 3 is 2.23 bits per heavy atom. The maximum Gasteiger partial charge on any atom is 0.316 e. The predicted molar refractivity (Wildman–Crippen MR) is 49.1 cm³/mol. The van der Waals surface area contributed by atoms with E-state index in [0.717, 1.165) is 0 Å². The van der Waals surface area contributed by atoms with Crippen LogP contribution in [0.5, 0.6) is 0 Å². The maximum absolute atomic E-state index is 10.9. The van der Waals surface area contributed by atoms with Gasteiger partial charge in [0.1, 0.15) is 0 Å². The first-order valence-electron chi connectivity index (χ1n) is 4.00. The summed E-state index contributed by atoms with van der Waals surface area (Å²) in [5, 5.41) is 5.12. The number of carbonyl (C=O) groups excluding carboxylic acids is 2. The molecule has 0 aromatic carbocycles. The smallest absolute Gasteiger partial charge is 0.316 e. The molecule has 0 saturated carbocycles. The fraction of sp³-hybridized carbons (Fsp3) is 0.714. The second-order valence-electron chi connectivity index (χ2n) is 2.68. The highest BCUT2D eigenvalue weighted by Gasteiger charge is 2.01. The molecule has 4 N–H and O–H groups in total. The van der Waals surface area contributed by atoms with Crippen molar-refractivity contribution < 1.29 is 9.59 Å². The van der Waals surface area contributed by atoms with Crippen molar-refractivity contribution in [2.24, 2.45) is 5.73 Å². The summed E-state index contributed by atoms with van der Waals surface area (Å²) in [7, 11) is 3.29. The van der Waals surface area contributed by atoms with Gasteiger partial charge in [0.05, 0.1) is 6.54 Å². The molecule has 0 aromatic rings. The fourth-order valence-electron chi connectivity index (χ4n) is 0.602. The highest BCUT2D eigenvalue weighted by atomic mass is 16.2. The summed E-state index contributed by atoms with van der Waals surface area (Å²) in [5.41, 5.74) is 5.05. The lowest BCUT2D eigenvalue weighted by Crippen LogP contribution is -2.40. The molecule has 6 nitrogen and oxygen atoms in total. The molecule has 0 heterocycles. The summed E-state index contributed by atoms with van der Waals surface area (Å²) in [6.45, 7) is 0.778. The molecule has 0 atom stereocenters. The predicted octanol–water partition coefficient (Wildman–Crippen LogP) is -1.67. The van der Waals surface area contributed by atoms with Gasteiger partial charge >= 0.3 is 6.03 Å². The molecule has 0 aromatic heterocycles. The second-order valence-corrected chi connectivity index (χ2v) is 2.68. The maximum atomic E-state index is 10.9. The van der Waals surface area contributed by atoms with E-state index >= 15 is 0 Å². The number of nitrogens with one attached hydrogen (secondary N) is 2. The normalized spacial score (nSPS) is 9.15. The van der Waals surface area contributed by atoms with Gasteiger partial charge in [-0.3, -0.25) is 4.79 Å². The number of hydrogen-bond donors (Lipinski definition) is 3. The monoisotopic (exact) mass is 188 g/mol. The van der Waals surface area contributed by atoms with Gasteiger partial charge < -0.3 is 21.3 Å². The average Bonchev–Trinajstić information content (AvgIpc) is 2.11. The van der Waals surface area contributed by atoms with Crippen molar-refractivity contribution in [3.63, 3.8) is 0 Å². The molecule has 0 rings (SSSR count). The molecule has 0 bridgehead atoms. The highest BCUT2D eigenvalue weighted by Crippen LogP contribution is 1.74. The van der Waals surface area contributed by atoms with Gasteiger partial charge in [-0.05, 0) is 0 Å². The van der Waals surface area contributed by atoms with E-state index in [4.69, 9.17) is 5.73 Å². The Hall–Kier alpha value is -1.30. The van der Waals surface area contributed by atoms with Crippen molar-refractivity contribution in [3.05, 3.63) is 0 Å². The molecule has 0 aliphatic rings. The summed E-state index contributed by atoms with van der Waals surface area (Å²) in [4.78, 5) is 23.0. The zero-order valence-electron chi connectivity index (χ0n) is 7.96. The van der Waals surface area contributed by atoms with Crippen molar-refractivity contribution in [2.45, 2.75) is 0 Å². The quantitative estimate of drug-likeness (QED) is 0.461. The van der Waals surface area contributed by atoms with Crippen LogP contribution in [-0.4, -0.2) is 50.6 Å². The molecule has 0 saturated heterocycles. The first-order chi connectivity index (χ1) is 6.07. The van der Waals surface area contributed by atoms with Crippen LogP contribution in [0.15, 0.2) is 0 Å². The number of rotatable bonds is 4. The summed E-state index contributed by atoms with van der Waals surface area (Å²) in [6, 6.07) is -0.179. The number of hydrogen-bond acceptors (Lipinski definition) is 3. The van der Waals surface area contributed by atoms with Crippen LogP contribution in [0.1, 0.15) is 0 Å². The van der Waals surface area contributed by atoms with Gasteiger partial charge in [-0.1, -0.05) is 0 Å². The van der Waals surface area contributed by atoms with Gasteiger partial charge in [-0.2, -0.15) is 0 Å². The molecule has 0 aliphatic carbocycles. The summed E-state index contributed by atoms with van der Waals surface area (Å²) in [6.07, 6.45) is 0. The molecule has 0 aliphatic heterocycles. The minimum absolute atomic E-state index is 0.0262. The zero-order valence-corrected chi connectivity index (χ0v) is 7.96. The summed E-state index contributed by atoms with van der Waals surface area (Å²) >= 11 is 0. The van der Waals surface area contributed by atoms with Crippen LogP contribution in [0.2, 0.25) is 0 Å². The van der Waals surface area contributed by atoms with E-state index < -0.39 is 0 Å². The molecular formula is C7H16N4O2. The van der Waals surface area contributed by atoms with Gasteiger partial charge in [0, 0.05) is 27.2 Å². The van der Waals surface area contributed by atoms with Gasteiger partial charge in [0.2, 0.25) is 5.91 Å². The van der Waals surface area contributed by atoms with Crippen LogP contribution in [0.3, 0.4) is 0 Å². The highest BCUT2D eigenvalue weighted by molar-refractivity contribution is 5.77. The Morgan fingerprint density at radius 1 is 1.23 bits per heavy atom. The third kappa shape index (κ3) is 5.92. The molecule has 0 fully saturated rings. The molecule has 0 spiro atoms. The minimum Gasteiger partial charge on any atom is -0.353 e. The Kier molecular flexibility index (Phi) is 5.62. The first-order valence-corrected chi connectivity index (χ1v) is 4.00. The third-order valence-electron chi connectivity index (χ3n) is 1.31. The van der Waals surface area contributed by atoms with E-state index in [1.165, 1.54) is 4.90 Å². The van der Waals surface area contributed by atoms with Crippen molar-refractivity contribution in [1.29, 1.82) is 0 Å². The number of urea groups is 1. The van der Waals surface area contributed by atoms with Gasteiger partial charge in [0.15, 0.2) is 0 Å². The molecule has 0 unspecified atom stereocenters. The van der Waals surface area contributed by atoms with Crippen molar-refractivity contribution in [3.8, 4) is 0 Å². The average molecular weight is 188 g/mol. The van der Waals surface area contributed by atoms with E-state index in [0.29, 0.717) is 13.1 Å². The Bertz CT molecular complexity index is 181. The van der Waals surface area contributed by atoms with E-state index in [-0.39, 0.29) is 18.5 Å². The molecule has 76 valence electrons. The Morgan fingerprint density at radius 2 is 1.77 bits per heavy atom. The molecule has 6 heteroatoms. The molecule has 13 heavy (non-hydrogen) atoms. The lowest BCUT2D eigenvalue weighted by molar-refractivity contribution is -0.119. The first kappa shape index (κ1) is 11.7. The van der Waals surface area contributed by atoms with Gasteiger partial charge in [-0.15, -0.1) is 0 Å². The number of nitrogens with two attached hydrogens (primary N) is 1. The standard InChI is InChI=1S/C7H16N4O2/c1-11(2)7(13)10-4-3-9-6(12)5-8/h3-5,8H2,1-2H3,(H,9,12)(H,10,13). The SMILES string of the molecule is CN(C)C(=O)NCCNC(=O)CN. The molecule has 0 radical (unpaired) electrons. The summed E-state index contributed by atoms with van der Waals surface area (Å²) in [5.74, 6) is -0.223. The Balaban J connectivity index is 3.36. The summed E-state index contributed by atoms with van der Waals surface area (Å²) < 4.78 is 0. The van der Waals surface area contributed by atoms with Crippen LogP contribution in [-0.2, 0) is 4.79 Å². The van der Waals surface area contributed by atoms with E-state index in [1.54, 1.807) is 14.1 Å². The second kappa shape index (κ2) is 6.24. The number of nitrogens with zero attached hydrogens (tertiary/aromatic N) is 1.